The first-order valence-electron chi connectivity index (χ1n) is 5.83. The molecular formula is C11H12N6O2. The second kappa shape index (κ2) is 4.65. The summed E-state index contributed by atoms with van der Waals surface area (Å²) in [5.74, 6) is 0.118. The van der Waals surface area contributed by atoms with Crippen molar-refractivity contribution >= 4 is 11.7 Å². The van der Waals surface area contributed by atoms with Crippen molar-refractivity contribution in [3.63, 3.8) is 0 Å². The molecule has 3 heterocycles. The van der Waals surface area contributed by atoms with Crippen molar-refractivity contribution in [3.8, 4) is 0 Å². The van der Waals surface area contributed by atoms with E-state index < -0.39 is 0 Å². The molecule has 19 heavy (non-hydrogen) atoms. The summed E-state index contributed by atoms with van der Waals surface area (Å²) < 4.78 is 0. The Kier molecular flexibility index (Phi) is 2.84. The molecule has 98 valence electrons. The van der Waals surface area contributed by atoms with Gasteiger partial charge in [0.15, 0.2) is 5.82 Å². The molecule has 8 nitrogen and oxygen atoms in total. The number of hydrogen-bond donors (Lipinski definition) is 4. The number of rotatable bonds is 2. The summed E-state index contributed by atoms with van der Waals surface area (Å²) in [7, 11) is 0. The molecule has 0 aliphatic carbocycles. The van der Waals surface area contributed by atoms with Gasteiger partial charge in [-0.3, -0.25) is 14.9 Å². The van der Waals surface area contributed by atoms with Crippen LogP contribution in [-0.4, -0.2) is 32.1 Å². The molecule has 0 bridgehead atoms. The van der Waals surface area contributed by atoms with Gasteiger partial charge in [0.1, 0.15) is 0 Å². The number of nitrogens with zero attached hydrogens (tertiary/aromatic N) is 2. The lowest BCUT2D eigenvalue weighted by Crippen LogP contribution is -2.45. The van der Waals surface area contributed by atoms with Gasteiger partial charge in [-0.2, -0.15) is 5.10 Å². The zero-order chi connectivity index (χ0) is 13.2. The highest BCUT2D eigenvalue weighted by Gasteiger charge is 2.25. The molecule has 1 unspecified atom stereocenters. The van der Waals surface area contributed by atoms with Gasteiger partial charge in [-0.15, -0.1) is 0 Å². The molecule has 0 radical (unpaired) electrons. The average Bonchev–Trinajstić information content (AvgIpc) is 2.88. The van der Waals surface area contributed by atoms with Gasteiger partial charge in [0.05, 0.1) is 23.8 Å². The minimum Gasteiger partial charge on any atom is -0.347 e. The lowest BCUT2D eigenvalue weighted by atomic mass is 10.0. The van der Waals surface area contributed by atoms with Crippen molar-refractivity contribution in [2.45, 2.75) is 19.0 Å². The van der Waals surface area contributed by atoms with Gasteiger partial charge in [0.2, 0.25) is 5.91 Å². The summed E-state index contributed by atoms with van der Waals surface area (Å²) >= 11 is 0. The number of carbonyl (C=O) groups excluding carboxylic acids is 1. The number of carbonyl (C=O) groups is 1. The number of H-pyrrole nitrogens is 2. The Morgan fingerprint density at radius 2 is 2.32 bits per heavy atom. The molecule has 2 aromatic heterocycles. The average molecular weight is 260 g/mol. The quantitative estimate of drug-likeness (QED) is 0.561. The van der Waals surface area contributed by atoms with Crippen LogP contribution >= 0.6 is 0 Å². The normalized spacial score (nSPS) is 17.8. The second-order valence-corrected chi connectivity index (χ2v) is 4.26. The van der Waals surface area contributed by atoms with Gasteiger partial charge in [0, 0.05) is 19.0 Å². The molecule has 0 saturated heterocycles. The zero-order valence-electron chi connectivity index (χ0n) is 9.93. The van der Waals surface area contributed by atoms with Crippen LogP contribution in [0.5, 0.6) is 0 Å². The van der Waals surface area contributed by atoms with Crippen molar-refractivity contribution in [3.05, 3.63) is 40.2 Å². The van der Waals surface area contributed by atoms with E-state index in [0.29, 0.717) is 18.8 Å². The Morgan fingerprint density at radius 1 is 1.42 bits per heavy atom. The van der Waals surface area contributed by atoms with Gasteiger partial charge in [-0.05, 0) is 6.07 Å². The number of aromatic amines is 2. The molecule has 2 aromatic rings. The molecule has 8 heteroatoms. The van der Waals surface area contributed by atoms with E-state index in [1.807, 2.05) is 0 Å². The van der Waals surface area contributed by atoms with Crippen LogP contribution < -0.4 is 16.2 Å². The number of nitrogens with one attached hydrogen (secondary N) is 4. The zero-order valence-corrected chi connectivity index (χ0v) is 9.93. The highest BCUT2D eigenvalue weighted by molar-refractivity contribution is 5.94. The molecule has 4 N–H and O–H groups in total. The lowest BCUT2D eigenvalue weighted by Gasteiger charge is -2.21. The number of imidazole rings is 1. The summed E-state index contributed by atoms with van der Waals surface area (Å²) in [6.07, 6.45) is 2.14. The molecule has 1 amide bonds. The maximum absolute atomic E-state index is 12.0. The van der Waals surface area contributed by atoms with Crippen LogP contribution in [0.25, 0.3) is 0 Å². The highest BCUT2D eigenvalue weighted by atomic mass is 16.2. The fraction of sp³-hybridized carbons (Fsp3) is 0.273. The van der Waals surface area contributed by atoms with E-state index in [1.54, 1.807) is 6.33 Å². The van der Waals surface area contributed by atoms with E-state index in [2.05, 4.69) is 30.8 Å². The van der Waals surface area contributed by atoms with Crippen LogP contribution in [-0.2, 0) is 17.8 Å². The van der Waals surface area contributed by atoms with Crippen LogP contribution in [0.2, 0.25) is 0 Å². The molecule has 1 aliphatic rings. The Hall–Kier alpha value is -2.48. The third kappa shape index (κ3) is 2.38. The summed E-state index contributed by atoms with van der Waals surface area (Å²) in [6.45, 7) is 0.576. The predicted octanol–water partition coefficient (Wildman–Crippen LogP) is -0.854. The summed E-state index contributed by atoms with van der Waals surface area (Å²) in [4.78, 5) is 30.1. The monoisotopic (exact) mass is 260 g/mol. The number of amides is 1. The van der Waals surface area contributed by atoms with Crippen LogP contribution in [0.15, 0.2) is 23.3 Å². The number of aromatic nitrogens is 4. The highest BCUT2D eigenvalue weighted by Crippen LogP contribution is 2.13. The van der Waals surface area contributed by atoms with Gasteiger partial charge < -0.3 is 10.3 Å². The van der Waals surface area contributed by atoms with Gasteiger partial charge in [0.25, 0.3) is 5.56 Å². The topological polar surface area (TPSA) is 116 Å². The third-order valence-electron chi connectivity index (χ3n) is 2.98. The predicted molar refractivity (Wildman–Crippen MR) is 66.4 cm³/mol. The van der Waals surface area contributed by atoms with Gasteiger partial charge >= 0.3 is 0 Å². The lowest BCUT2D eigenvalue weighted by molar-refractivity contribution is -0.118. The minimum absolute atomic E-state index is 0.201. The fourth-order valence-electron chi connectivity index (χ4n) is 1.98. The Bertz CT molecular complexity index is 641. The van der Waals surface area contributed by atoms with Crippen molar-refractivity contribution < 1.29 is 4.79 Å². The number of fused-ring (bicyclic) bond motifs is 1. The molecule has 1 atom stereocenters. The maximum Gasteiger partial charge on any atom is 0.264 e. The Morgan fingerprint density at radius 3 is 3.11 bits per heavy atom. The van der Waals surface area contributed by atoms with Gasteiger partial charge in [-0.1, -0.05) is 0 Å². The Labute approximate surface area is 107 Å². The first kappa shape index (κ1) is 11.6. The van der Waals surface area contributed by atoms with E-state index in [-0.39, 0.29) is 17.5 Å². The maximum atomic E-state index is 12.0. The molecule has 1 aliphatic heterocycles. The van der Waals surface area contributed by atoms with Crippen molar-refractivity contribution in [2.24, 2.45) is 0 Å². The minimum atomic E-state index is -0.357. The van der Waals surface area contributed by atoms with E-state index >= 15 is 0 Å². The van der Waals surface area contributed by atoms with E-state index in [1.165, 1.54) is 12.1 Å². The molecule has 3 rings (SSSR count). The van der Waals surface area contributed by atoms with Crippen LogP contribution in [0.4, 0.5) is 5.82 Å². The second-order valence-electron chi connectivity index (χ2n) is 4.26. The molecule has 0 aromatic carbocycles. The third-order valence-corrected chi connectivity index (χ3v) is 2.98. The summed E-state index contributed by atoms with van der Waals surface area (Å²) in [5, 5.41) is 11.7. The van der Waals surface area contributed by atoms with Crippen molar-refractivity contribution in [1.29, 1.82) is 0 Å². The largest absolute Gasteiger partial charge is 0.347 e. The first-order chi connectivity index (χ1) is 9.22. The summed E-state index contributed by atoms with van der Waals surface area (Å²) in [5.41, 5.74) is 1.59. The summed E-state index contributed by atoms with van der Waals surface area (Å²) in [6, 6.07) is 2.41. The molecular weight excluding hydrogens is 248 g/mol. The SMILES string of the molecule is O=C(Nc1ccc(=O)[nH]n1)C1Cc2nc[nH]c2CN1. The molecule has 0 spiro atoms. The van der Waals surface area contributed by atoms with E-state index in [9.17, 15) is 9.59 Å². The van der Waals surface area contributed by atoms with E-state index in [4.69, 9.17) is 0 Å². The standard InChI is InChI=1S/C11H12N6O2/c18-10-2-1-9(16-17-10)15-11(19)7-3-6-8(4-12-7)14-5-13-6/h1-2,5,7,12H,3-4H2,(H,13,14)(H,17,18)(H,15,16,19). The first-order valence-corrected chi connectivity index (χ1v) is 5.83. The van der Waals surface area contributed by atoms with E-state index in [0.717, 1.165) is 11.4 Å². The molecule has 0 saturated carbocycles. The van der Waals surface area contributed by atoms with Crippen LogP contribution in [0.3, 0.4) is 0 Å². The van der Waals surface area contributed by atoms with Crippen molar-refractivity contribution in [1.82, 2.24) is 25.5 Å². The fourth-order valence-corrected chi connectivity index (χ4v) is 1.98. The van der Waals surface area contributed by atoms with Gasteiger partial charge in [-0.25, -0.2) is 10.1 Å². The van der Waals surface area contributed by atoms with Crippen LogP contribution in [0.1, 0.15) is 11.4 Å². The number of hydrogen-bond acceptors (Lipinski definition) is 5. The van der Waals surface area contributed by atoms with Crippen LogP contribution in [0, 0.1) is 0 Å². The number of anilines is 1. The Balaban J connectivity index is 1.68. The van der Waals surface area contributed by atoms with Crippen molar-refractivity contribution in [2.75, 3.05) is 5.32 Å². The smallest absolute Gasteiger partial charge is 0.264 e. The molecule has 0 fully saturated rings.